The van der Waals surface area contributed by atoms with Crippen LogP contribution in [0.4, 0.5) is 16.2 Å². The number of likely N-dealkylation sites (tertiary alicyclic amines) is 1. The third-order valence-corrected chi connectivity index (χ3v) is 5.64. The summed E-state index contributed by atoms with van der Waals surface area (Å²) in [5.41, 5.74) is 4.39. The summed E-state index contributed by atoms with van der Waals surface area (Å²) in [6.45, 7) is 4.29. The summed E-state index contributed by atoms with van der Waals surface area (Å²) >= 11 is 5.94. The van der Waals surface area contributed by atoms with Crippen molar-refractivity contribution in [1.82, 2.24) is 0 Å². The Balaban J connectivity index is 1.66. The van der Waals surface area contributed by atoms with E-state index < -0.39 is 0 Å². The number of halogens is 1. The molecule has 0 spiro atoms. The molecule has 1 saturated heterocycles. The number of piperidine rings is 1. The van der Waals surface area contributed by atoms with Crippen molar-refractivity contribution in [1.29, 1.82) is 0 Å². The van der Waals surface area contributed by atoms with Crippen molar-refractivity contribution in [2.24, 2.45) is 0 Å². The molecule has 2 aromatic rings. The zero-order valence-corrected chi connectivity index (χ0v) is 15.3. The van der Waals surface area contributed by atoms with Gasteiger partial charge in [-0.1, -0.05) is 29.3 Å². The van der Waals surface area contributed by atoms with Gasteiger partial charge in [0.1, 0.15) is 0 Å². The maximum absolute atomic E-state index is 13.1. The van der Waals surface area contributed by atoms with Crippen LogP contribution in [0.2, 0.25) is 5.02 Å². The SMILES string of the molecule is Cc1ccc2c(c1)[C@H]1C[NH+](C)CC[C@@H]1N2C(=O)Nc1ccc(Cl)cc1. The first kappa shape index (κ1) is 16.4. The number of hydrogen-bond donors (Lipinski definition) is 2. The van der Waals surface area contributed by atoms with Crippen LogP contribution in [0.15, 0.2) is 42.5 Å². The topological polar surface area (TPSA) is 36.8 Å². The molecule has 2 N–H and O–H groups in total. The molecule has 4 rings (SSSR count). The van der Waals surface area contributed by atoms with Crippen molar-refractivity contribution in [2.75, 3.05) is 30.4 Å². The van der Waals surface area contributed by atoms with Gasteiger partial charge in [-0.15, -0.1) is 0 Å². The van der Waals surface area contributed by atoms with E-state index in [0.29, 0.717) is 10.9 Å². The first-order valence-corrected chi connectivity index (χ1v) is 9.18. The highest BCUT2D eigenvalue weighted by Gasteiger charge is 2.45. The van der Waals surface area contributed by atoms with Crippen LogP contribution in [-0.2, 0) is 0 Å². The average molecular weight is 357 g/mol. The van der Waals surface area contributed by atoms with Gasteiger partial charge in [-0.3, -0.25) is 4.90 Å². The standard InChI is InChI=1S/C20H22ClN3O/c1-13-3-8-18-16(11-13)17-12-23(2)10-9-19(17)24(18)20(25)22-15-6-4-14(21)5-7-15/h3-8,11,17,19H,9-10,12H2,1-2H3,(H,22,25)/p+1/t17-,19+/m1/s1. The van der Waals surface area contributed by atoms with Crippen molar-refractivity contribution >= 4 is 29.0 Å². The molecule has 130 valence electrons. The van der Waals surface area contributed by atoms with Crippen molar-refractivity contribution in [3.63, 3.8) is 0 Å². The normalized spacial score (nSPS) is 24.6. The maximum Gasteiger partial charge on any atom is 0.326 e. The minimum absolute atomic E-state index is 0.0560. The number of nitrogens with zero attached hydrogens (tertiary/aromatic N) is 1. The Morgan fingerprint density at radius 2 is 2.00 bits per heavy atom. The highest BCUT2D eigenvalue weighted by molar-refractivity contribution is 6.30. The predicted octanol–water partition coefficient (Wildman–Crippen LogP) is 3.07. The summed E-state index contributed by atoms with van der Waals surface area (Å²) < 4.78 is 0. The van der Waals surface area contributed by atoms with Crippen LogP contribution in [0.3, 0.4) is 0 Å². The third-order valence-electron chi connectivity index (χ3n) is 5.39. The van der Waals surface area contributed by atoms with E-state index >= 15 is 0 Å². The molecule has 2 aromatic carbocycles. The van der Waals surface area contributed by atoms with Crippen LogP contribution in [0, 0.1) is 6.92 Å². The van der Waals surface area contributed by atoms with Crippen molar-refractivity contribution in [2.45, 2.75) is 25.3 Å². The number of rotatable bonds is 1. The number of likely N-dealkylation sites (N-methyl/N-ethyl adjacent to an activating group) is 1. The molecule has 25 heavy (non-hydrogen) atoms. The number of hydrogen-bond acceptors (Lipinski definition) is 1. The molecule has 0 aliphatic carbocycles. The molecule has 5 heteroatoms. The highest BCUT2D eigenvalue weighted by Crippen LogP contribution is 2.43. The van der Waals surface area contributed by atoms with E-state index in [2.05, 4.69) is 37.5 Å². The molecular formula is C20H23ClN3O+. The lowest BCUT2D eigenvalue weighted by atomic mass is 9.89. The number of carbonyl (C=O) groups is 1. The summed E-state index contributed by atoms with van der Waals surface area (Å²) in [4.78, 5) is 16.6. The van der Waals surface area contributed by atoms with Gasteiger partial charge in [-0.05, 0) is 42.8 Å². The Bertz CT molecular complexity index is 805. The molecule has 1 fully saturated rings. The Labute approximate surface area is 153 Å². The van der Waals surface area contributed by atoms with Crippen molar-refractivity contribution < 1.29 is 9.69 Å². The lowest BCUT2D eigenvalue weighted by Gasteiger charge is -2.34. The van der Waals surface area contributed by atoms with E-state index in [4.69, 9.17) is 11.6 Å². The van der Waals surface area contributed by atoms with Gasteiger partial charge in [0.05, 0.1) is 32.1 Å². The van der Waals surface area contributed by atoms with Gasteiger partial charge >= 0.3 is 6.03 Å². The second kappa shape index (κ2) is 6.36. The van der Waals surface area contributed by atoms with E-state index in [-0.39, 0.29) is 12.1 Å². The fraction of sp³-hybridized carbons (Fsp3) is 0.350. The molecule has 2 aliphatic rings. The largest absolute Gasteiger partial charge is 0.337 e. The lowest BCUT2D eigenvalue weighted by molar-refractivity contribution is -0.886. The van der Waals surface area contributed by atoms with Gasteiger partial charge < -0.3 is 10.2 Å². The summed E-state index contributed by atoms with van der Waals surface area (Å²) in [6, 6.07) is 13.9. The monoisotopic (exact) mass is 356 g/mol. The van der Waals surface area contributed by atoms with E-state index in [1.807, 2.05) is 17.0 Å². The first-order valence-electron chi connectivity index (χ1n) is 8.80. The zero-order chi connectivity index (χ0) is 17.6. The molecule has 3 atom stereocenters. The summed E-state index contributed by atoms with van der Waals surface area (Å²) in [5.74, 6) is 0.416. The van der Waals surface area contributed by atoms with Gasteiger partial charge in [0.15, 0.2) is 0 Å². The van der Waals surface area contributed by atoms with E-state index in [1.165, 1.54) is 16.0 Å². The minimum atomic E-state index is -0.0560. The first-order chi connectivity index (χ1) is 12.0. The third kappa shape index (κ3) is 3.00. The van der Waals surface area contributed by atoms with Crippen LogP contribution >= 0.6 is 11.6 Å². The smallest absolute Gasteiger partial charge is 0.326 e. The Morgan fingerprint density at radius 1 is 1.24 bits per heavy atom. The molecule has 0 radical (unpaired) electrons. The number of benzene rings is 2. The zero-order valence-electron chi connectivity index (χ0n) is 14.6. The van der Waals surface area contributed by atoms with E-state index in [1.54, 1.807) is 12.1 Å². The second-order valence-electron chi connectivity index (χ2n) is 7.24. The number of quaternary nitrogens is 1. The van der Waals surface area contributed by atoms with Crippen molar-refractivity contribution in [3.8, 4) is 0 Å². The van der Waals surface area contributed by atoms with Crippen LogP contribution in [0.25, 0.3) is 0 Å². The lowest BCUT2D eigenvalue weighted by Crippen LogP contribution is -3.11. The predicted molar refractivity (Wildman–Crippen MR) is 102 cm³/mol. The fourth-order valence-electron chi connectivity index (χ4n) is 4.18. The number of fused-ring (bicyclic) bond motifs is 3. The molecule has 0 aromatic heterocycles. The minimum Gasteiger partial charge on any atom is -0.337 e. The maximum atomic E-state index is 13.1. The number of aryl methyl sites for hydroxylation is 1. The molecule has 0 bridgehead atoms. The second-order valence-corrected chi connectivity index (χ2v) is 7.68. The Hall–Kier alpha value is -2.04. The molecule has 1 unspecified atom stereocenters. The van der Waals surface area contributed by atoms with E-state index in [9.17, 15) is 4.79 Å². The van der Waals surface area contributed by atoms with Gasteiger partial charge in [-0.25, -0.2) is 4.79 Å². The van der Waals surface area contributed by atoms with Gasteiger partial charge in [0, 0.05) is 22.8 Å². The van der Waals surface area contributed by atoms with E-state index in [0.717, 1.165) is 30.9 Å². The van der Waals surface area contributed by atoms with Gasteiger partial charge in [0.25, 0.3) is 0 Å². The number of carbonyl (C=O) groups excluding carboxylic acids is 1. The molecule has 0 saturated carbocycles. The molecule has 2 heterocycles. The Kier molecular flexibility index (Phi) is 4.18. The number of nitrogens with one attached hydrogen (secondary N) is 2. The van der Waals surface area contributed by atoms with Crippen LogP contribution in [0.1, 0.15) is 23.5 Å². The molecule has 2 amide bonds. The molecule has 4 nitrogen and oxygen atoms in total. The highest BCUT2D eigenvalue weighted by atomic mass is 35.5. The summed E-state index contributed by atoms with van der Waals surface area (Å²) in [7, 11) is 2.24. The molecular weight excluding hydrogens is 334 g/mol. The summed E-state index contributed by atoms with van der Waals surface area (Å²) in [5, 5.41) is 3.70. The van der Waals surface area contributed by atoms with Crippen LogP contribution in [-0.4, -0.2) is 32.2 Å². The summed E-state index contributed by atoms with van der Waals surface area (Å²) in [6.07, 6.45) is 1.03. The number of amides is 2. The fourth-order valence-corrected chi connectivity index (χ4v) is 4.31. The average Bonchev–Trinajstić information content (AvgIpc) is 2.90. The molecule has 2 aliphatic heterocycles. The Morgan fingerprint density at radius 3 is 2.76 bits per heavy atom. The quantitative estimate of drug-likeness (QED) is 0.809. The van der Waals surface area contributed by atoms with Gasteiger partial charge in [-0.2, -0.15) is 0 Å². The van der Waals surface area contributed by atoms with Crippen LogP contribution in [0.5, 0.6) is 0 Å². The van der Waals surface area contributed by atoms with Gasteiger partial charge in [0.2, 0.25) is 0 Å². The van der Waals surface area contributed by atoms with Crippen molar-refractivity contribution in [3.05, 3.63) is 58.6 Å². The number of urea groups is 1. The van der Waals surface area contributed by atoms with Crippen LogP contribution < -0.4 is 15.1 Å². The number of anilines is 2.